The van der Waals surface area contributed by atoms with Crippen LogP contribution in [0, 0.1) is 0 Å². The van der Waals surface area contributed by atoms with Crippen LogP contribution in [0.15, 0.2) is 30.3 Å². The molecule has 1 fully saturated rings. The molecule has 25 heavy (non-hydrogen) atoms. The largest absolute Gasteiger partial charge is 0.379 e. The normalized spacial score (nSPS) is 17.4. The van der Waals surface area contributed by atoms with E-state index in [0.29, 0.717) is 12.2 Å². The van der Waals surface area contributed by atoms with Crippen molar-refractivity contribution in [3.05, 3.63) is 47.3 Å². The van der Waals surface area contributed by atoms with Crippen molar-refractivity contribution in [3.8, 4) is 5.69 Å². The molecule has 1 amide bonds. The first-order chi connectivity index (χ1) is 12.3. The van der Waals surface area contributed by atoms with Gasteiger partial charge in [-0.05, 0) is 31.4 Å². The number of hydrogen-bond donors (Lipinski definition) is 1. The van der Waals surface area contributed by atoms with Gasteiger partial charge in [0.25, 0.3) is 5.91 Å². The topological polar surface area (TPSA) is 59.4 Å². The molecule has 4 rings (SSSR count). The highest BCUT2D eigenvalue weighted by Gasteiger charge is 2.26. The average molecular weight is 340 g/mol. The van der Waals surface area contributed by atoms with Gasteiger partial charge in [-0.2, -0.15) is 5.10 Å². The molecule has 132 valence electrons. The molecule has 0 radical (unpaired) electrons. The summed E-state index contributed by atoms with van der Waals surface area (Å²) in [6.07, 6.45) is 3.01. The molecule has 0 spiro atoms. The Labute approximate surface area is 147 Å². The SMILES string of the molecule is O=C(NCCN1CCOCC1)c1nn(-c2ccccc2)c2c1CCC2. The monoisotopic (exact) mass is 340 g/mol. The van der Waals surface area contributed by atoms with Gasteiger partial charge in [0.2, 0.25) is 0 Å². The van der Waals surface area contributed by atoms with Crippen LogP contribution in [0.25, 0.3) is 5.69 Å². The summed E-state index contributed by atoms with van der Waals surface area (Å²) in [6.45, 7) is 4.94. The van der Waals surface area contributed by atoms with E-state index in [-0.39, 0.29) is 5.91 Å². The second-order valence-electron chi connectivity index (χ2n) is 6.58. The maximum Gasteiger partial charge on any atom is 0.272 e. The van der Waals surface area contributed by atoms with Crippen molar-refractivity contribution in [2.75, 3.05) is 39.4 Å². The number of nitrogens with one attached hydrogen (secondary N) is 1. The first kappa shape index (κ1) is 16.3. The molecule has 0 saturated carbocycles. The standard InChI is InChI=1S/C19H24N4O2/c24-19(20-9-10-22-11-13-25-14-12-22)18-16-7-4-8-17(16)23(21-18)15-5-2-1-3-6-15/h1-3,5-6H,4,7-14H2,(H,20,24). The van der Waals surface area contributed by atoms with Crippen molar-refractivity contribution in [2.24, 2.45) is 0 Å². The fourth-order valence-electron chi connectivity index (χ4n) is 3.64. The number of aromatic nitrogens is 2. The van der Waals surface area contributed by atoms with E-state index in [1.54, 1.807) is 0 Å². The second kappa shape index (κ2) is 7.37. The third-order valence-electron chi connectivity index (χ3n) is 4.96. The summed E-state index contributed by atoms with van der Waals surface area (Å²) in [5.74, 6) is -0.0545. The first-order valence-electron chi connectivity index (χ1n) is 9.07. The Morgan fingerprint density at radius 3 is 2.76 bits per heavy atom. The molecule has 2 heterocycles. The van der Waals surface area contributed by atoms with E-state index in [2.05, 4.69) is 15.3 Å². The van der Waals surface area contributed by atoms with E-state index < -0.39 is 0 Å². The zero-order valence-corrected chi connectivity index (χ0v) is 14.4. The zero-order valence-electron chi connectivity index (χ0n) is 14.4. The number of carbonyl (C=O) groups excluding carboxylic acids is 1. The Morgan fingerprint density at radius 2 is 1.96 bits per heavy atom. The van der Waals surface area contributed by atoms with Crippen molar-refractivity contribution in [1.29, 1.82) is 0 Å². The summed E-state index contributed by atoms with van der Waals surface area (Å²) in [6, 6.07) is 10.1. The van der Waals surface area contributed by atoms with Crippen molar-refractivity contribution >= 4 is 5.91 Å². The van der Waals surface area contributed by atoms with Gasteiger partial charge in [-0.15, -0.1) is 0 Å². The van der Waals surface area contributed by atoms with Gasteiger partial charge in [0.15, 0.2) is 5.69 Å². The van der Waals surface area contributed by atoms with E-state index in [4.69, 9.17) is 4.74 Å². The van der Waals surface area contributed by atoms with E-state index >= 15 is 0 Å². The number of amides is 1. The maximum absolute atomic E-state index is 12.7. The van der Waals surface area contributed by atoms with Crippen LogP contribution in [-0.2, 0) is 17.6 Å². The predicted molar refractivity (Wildman–Crippen MR) is 95.2 cm³/mol. The number of carbonyl (C=O) groups is 1. The van der Waals surface area contributed by atoms with Crippen LogP contribution in [0.5, 0.6) is 0 Å². The van der Waals surface area contributed by atoms with E-state index in [9.17, 15) is 4.79 Å². The van der Waals surface area contributed by atoms with Gasteiger partial charge in [-0.3, -0.25) is 9.69 Å². The minimum atomic E-state index is -0.0545. The van der Waals surface area contributed by atoms with Crippen molar-refractivity contribution < 1.29 is 9.53 Å². The van der Waals surface area contributed by atoms with E-state index in [1.807, 2.05) is 35.0 Å². The molecule has 0 unspecified atom stereocenters. The highest BCUT2D eigenvalue weighted by molar-refractivity contribution is 5.94. The second-order valence-corrected chi connectivity index (χ2v) is 6.58. The smallest absolute Gasteiger partial charge is 0.272 e. The van der Waals surface area contributed by atoms with Gasteiger partial charge in [-0.1, -0.05) is 18.2 Å². The molecule has 1 aromatic carbocycles. The fraction of sp³-hybridized carbons (Fsp3) is 0.474. The number of benzene rings is 1. The lowest BCUT2D eigenvalue weighted by Crippen LogP contribution is -2.41. The lowest BCUT2D eigenvalue weighted by atomic mass is 10.2. The number of ether oxygens (including phenoxy) is 1. The highest BCUT2D eigenvalue weighted by atomic mass is 16.5. The number of para-hydroxylation sites is 1. The summed E-state index contributed by atoms with van der Waals surface area (Å²) in [5.41, 5.74) is 3.92. The molecule has 1 aromatic heterocycles. The molecule has 0 atom stereocenters. The molecular weight excluding hydrogens is 316 g/mol. The Morgan fingerprint density at radius 1 is 1.16 bits per heavy atom. The van der Waals surface area contributed by atoms with Gasteiger partial charge in [0, 0.05) is 37.4 Å². The van der Waals surface area contributed by atoms with Crippen LogP contribution in [0.3, 0.4) is 0 Å². The molecule has 1 aliphatic carbocycles. The van der Waals surface area contributed by atoms with Crippen molar-refractivity contribution in [3.63, 3.8) is 0 Å². The van der Waals surface area contributed by atoms with Gasteiger partial charge in [0.05, 0.1) is 18.9 Å². The molecule has 1 saturated heterocycles. The van der Waals surface area contributed by atoms with Crippen LogP contribution in [0.2, 0.25) is 0 Å². The lowest BCUT2D eigenvalue weighted by Gasteiger charge is -2.26. The third kappa shape index (κ3) is 3.45. The quantitative estimate of drug-likeness (QED) is 0.894. The van der Waals surface area contributed by atoms with Crippen molar-refractivity contribution in [1.82, 2.24) is 20.0 Å². The van der Waals surface area contributed by atoms with Gasteiger partial charge >= 0.3 is 0 Å². The van der Waals surface area contributed by atoms with E-state index in [1.165, 1.54) is 5.69 Å². The number of fused-ring (bicyclic) bond motifs is 1. The fourth-order valence-corrected chi connectivity index (χ4v) is 3.64. The molecule has 6 nitrogen and oxygen atoms in total. The molecule has 2 aromatic rings. The van der Waals surface area contributed by atoms with Crippen LogP contribution in [-0.4, -0.2) is 60.0 Å². The maximum atomic E-state index is 12.7. The minimum absolute atomic E-state index is 0.0545. The average Bonchev–Trinajstić information content (AvgIpc) is 3.26. The van der Waals surface area contributed by atoms with Crippen LogP contribution in [0.1, 0.15) is 28.2 Å². The van der Waals surface area contributed by atoms with E-state index in [0.717, 1.165) is 63.4 Å². The van der Waals surface area contributed by atoms with Gasteiger partial charge in [0.1, 0.15) is 0 Å². The van der Waals surface area contributed by atoms with Gasteiger partial charge < -0.3 is 10.1 Å². The summed E-state index contributed by atoms with van der Waals surface area (Å²) < 4.78 is 7.29. The summed E-state index contributed by atoms with van der Waals surface area (Å²) in [5, 5.41) is 7.68. The summed E-state index contributed by atoms with van der Waals surface area (Å²) in [7, 11) is 0. The molecule has 2 aliphatic rings. The Kier molecular flexibility index (Phi) is 4.81. The van der Waals surface area contributed by atoms with Crippen LogP contribution < -0.4 is 5.32 Å². The van der Waals surface area contributed by atoms with Crippen LogP contribution >= 0.6 is 0 Å². The lowest BCUT2D eigenvalue weighted by molar-refractivity contribution is 0.0383. The van der Waals surface area contributed by atoms with Gasteiger partial charge in [-0.25, -0.2) is 4.68 Å². The predicted octanol–water partition coefficient (Wildman–Crippen LogP) is 1.42. The van der Waals surface area contributed by atoms with Crippen LogP contribution in [0.4, 0.5) is 0 Å². The number of morpholine rings is 1. The third-order valence-corrected chi connectivity index (χ3v) is 4.96. The number of rotatable bonds is 5. The number of nitrogens with zero attached hydrogens (tertiary/aromatic N) is 3. The Hall–Kier alpha value is -2.18. The highest BCUT2D eigenvalue weighted by Crippen LogP contribution is 2.27. The summed E-state index contributed by atoms with van der Waals surface area (Å²) >= 11 is 0. The zero-order chi connectivity index (χ0) is 17.1. The Balaban J connectivity index is 1.46. The molecule has 6 heteroatoms. The minimum Gasteiger partial charge on any atom is -0.379 e. The van der Waals surface area contributed by atoms with Crippen molar-refractivity contribution in [2.45, 2.75) is 19.3 Å². The molecule has 1 N–H and O–H groups in total. The molecule has 0 bridgehead atoms. The summed E-state index contributed by atoms with van der Waals surface area (Å²) in [4.78, 5) is 15.0. The first-order valence-corrected chi connectivity index (χ1v) is 9.07. The molecular formula is C19H24N4O2. The Bertz CT molecular complexity index is 735. The molecule has 1 aliphatic heterocycles. The number of hydrogen-bond acceptors (Lipinski definition) is 4.